The van der Waals surface area contributed by atoms with E-state index in [-0.39, 0.29) is 13.0 Å². The first-order chi connectivity index (χ1) is 6.45. The van der Waals surface area contributed by atoms with Crippen LogP contribution in [0.3, 0.4) is 0 Å². The molecule has 0 bridgehead atoms. The van der Waals surface area contributed by atoms with Crippen LogP contribution >= 0.6 is 0 Å². The lowest BCUT2D eigenvalue weighted by atomic mass is 10.2. The monoisotopic (exact) mass is 212 g/mol. The number of Topliss-reactive ketones (excluding diaryl/α,β-unsaturated/α-hetero) is 1. The molecule has 0 aliphatic heterocycles. The van der Waals surface area contributed by atoms with E-state index in [0.29, 0.717) is 6.61 Å². The van der Waals surface area contributed by atoms with Crippen molar-refractivity contribution in [2.75, 3.05) is 13.2 Å². The summed E-state index contributed by atoms with van der Waals surface area (Å²) in [6.07, 6.45) is -4.04. The van der Waals surface area contributed by atoms with Crippen LogP contribution in [0.25, 0.3) is 0 Å². The molecule has 2 nitrogen and oxygen atoms in total. The Morgan fingerprint density at radius 3 is 2.43 bits per heavy atom. The molecular formula is C9H15F3O2. The Morgan fingerprint density at radius 1 is 1.29 bits per heavy atom. The van der Waals surface area contributed by atoms with Gasteiger partial charge in [0.25, 0.3) is 0 Å². The fourth-order valence-electron chi connectivity index (χ4n) is 0.846. The number of alkyl halides is 3. The number of halogens is 3. The summed E-state index contributed by atoms with van der Waals surface area (Å²) in [5.41, 5.74) is 0. The zero-order valence-corrected chi connectivity index (χ0v) is 8.19. The lowest BCUT2D eigenvalue weighted by Crippen LogP contribution is -2.16. The van der Waals surface area contributed by atoms with Gasteiger partial charge in [-0.15, -0.1) is 0 Å². The number of rotatable bonds is 7. The normalized spacial score (nSPS) is 11.7. The SMILES string of the molecule is CCCCOCCC(=O)CC(F)(F)F. The molecule has 0 rings (SSSR count). The molecule has 5 heteroatoms. The van der Waals surface area contributed by atoms with Crippen molar-refractivity contribution in [2.24, 2.45) is 0 Å². The minimum atomic E-state index is -4.39. The van der Waals surface area contributed by atoms with Gasteiger partial charge in [0.2, 0.25) is 0 Å². The number of carbonyl (C=O) groups excluding carboxylic acids is 1. The maximum atomic E-state index is 11.7. The van der Waals surface area contributed by atoms with Crippen LogP contribution in [-0.2, 0) is 9.53 Å². The maximum absolute atomic E-state index is 11.7. The van der Waals surface area contributed by atoms with E-state index in [2.05, 4.69) is 0 Å². The van der Waals surface area contributed by atoms with Crippen LogP contribution < -0.4 is 0 Å². The van der Waals surface area contributed by atoms with Gasteiger partial charge in [-0.2, -0.15) is 13.2 Å². The summed E-state index contributed by atoms with van der Waals surface area (Å²) < 4.78 is 40.0. The summed E-state index contributed by atoms with van der Waals surface area (Å²) in [4.78, 5) is 10.7. The topological polar surface area (TPSA) is 26.3 Å². The number of ether oxygens (including phenoxy) is 1. The Hall–Kier alpha value is -0.580. The van der Waals surface area contributed by atoms with Crippen molar-refractivity contribution in [1.29, 1.82) is 0 Å². The van der Waals surface area contributed by atoms with E-state index in [4.69, 9.17) is 4.74 Å². The summed E-state index contributed by atoms with van der Waals surface area (Å²) in [5, 5.41) is 0. The highest BCUT2D eigenvalue weighted by Crippen LogP contribution is 2.20. The minimum absolute atomic E-state index is 0.0922. The van der Waals surface area contributed by atoms with Crippen LogP contribution in [0.2, 0.25) is 0 Å². The lowest BCUT2D eigenvalue weighted by Gasteiger charge is -2.05. The van der Waals surface area contributed by atoms with Gasteiger partial charge in [0.15, 0.2) is 0 Å². The van der Waals surface area contributed by atoms with Gasteiger partial charge in [-0.05, 0) is 6.42 Å². The zero-order valence-electron chi connectivity index (χ0n) is 8.19. The third-order valence-corrected chi connectivity index (χ3v) is 1.57. The average molecular weight is 212 g/mol. The molecule has 0 spiro atoms. The predicted octanol–water partition coefficient (Wildman–Crippen LogP) is 2.71. The smallest absolute Gasteiger partial charge is 0.381 e. The van der Waals surface area contributed by atoms with Crippen molar-refractivity contribution in [3.8, 4) is 0 Å². The molecule has 0 aliphatic rings. The molecule has 0 heterocycles. The summed E-state index contributed by atoms with van der Waals surface area (Å²) in [6.45, 7) is 2.59. The first kappa shape index (κ1) is 13.4. The fourth-order valence-corrected chi connectivity index (χ4v) is 0.846. The van der Waals surface area contributed by atoms with Crippen molar-refractivity contribution in [3.05, 3.63) is 0 Å². The molecule has 84 valence electrons. The molecule has 0 fully saturated rings. The van der Waals surface area contributed by atoms with Crippen LogP contribution in [-0.4, -0.2) is 25.2 Å². The molecule has 0 amide bonds. The molecule has 0 aromatic carbocycles. The molecule has 0 saturated carbocycles. The lowest BCUT2D eigenvalue weighted by molar-refractivity contribution is -0.152. The number of carbonyl (C=O) groups is 1. The Kier molecular flexibility index (Phi) is 6.53. The number of unbranched alkanes of at least 4 members (excludes halogenated alkanes) is 1. The third-order valence-electron chi connectivity index (χ3n) is 1.57. The van der Waals surface area contributed by atoms with Crippen LogP contribution in [0.4, 0.5) is 13.2 Å². The summed E-state index contributed by atoms with van der Waals surface area (Å²) in [6, 6.07) is 0. The molecule has 0 aromatic heterocycles. The van der Waals surface area contributed by atoms with Crippen LogP contribution in [0, 0.1) is 0 Å². The second kappa shape index (κ2) is 6.81. The van der Waals surface area contributed by atoms with Crippen molar-refractivity contribution in [3.63, 3.8) is 0 Å². The van der Waals surface area contributed by atoms with Crippen molar-refractivity contribution in [1.82, 2.24) is 0 Å². The van der Waals surface area contributed by atoms with E-state index in [1.165, 1.54) is 0 Å². The van der Waals surface area contributed by atoms with Gasteiger partial charge in [0.05, 0.1) is 6.61 Å². The Morgan fingerprint density at radius 2 is 1.93 bits per heavy atom. The van der Waals surface area contributed by atoms with Gasteiger partial charge in [-0.3, -0.25) is 4.79 Å². The van der Waals surface area contributed by atoms with Crippen molar-refractivity contribution >= 4 is 5.78 Å². The number of ketones is 1. The van der Waals surface area contributed by atoms with Gasteiger partial charge in [-0.1, -0.05) is 13.3 Å². The minimum Gasteiger partial charge on any atom is -0.381 e. The Bertz CT molecular complexity index is 166. The van der Waals surface area contributed by atoms with Crippen molar-refractivity contribution < 1.29 is 22.7 Å². The predicted molar refractivity (Wildman–Crippen MR) is 46.0 cm³/mol. The van der Waals surface area contributed by atoms with Crippen LogP contribution in [0.15, 0.2) is 0 Å². The molecule has 0 radical (unpaired) electrons. The molecule has 14 heavy (non-hydrogen) atoms. The largest absolute Gasteiger partial charge is 0.395 e. The average Bonchev–Trinajstić information content (AvgIpc) is 2.00. The molecule has 0 atom stereocenters. The first-order valence-electron chi connectivity index (χ1n) is 4.62. The van der Waals surface area contributed by atoms with E-state index in [9.17, 15) is 18.0 Å². The molecule has 0 unspecified atom stereocenters. The Balaban J connectivity index is 3.36. The highest BCUT2D eigenvalue weighted by atomic mass is 19.4. The summed E-state index contributed by atoms with van der Waals surface area (Å²) in [7, 11) is 0. The molecule has 0 aromatic rings. The molecule has 0 saturated heterocycles. The first-order valence-corrected chi connectivity index (χ1v) is 4.62. The quantitative estimate of drug-likeness (QED) is 0.606. The van der Waals surface area contributed by atoms with Gasteiger partial charge < -0.3 is 4.74 Å². The Labute approximate surface area is 81.4 Å². The second-order valence-corrected chi connectivity index (χ2v) is 3.05. The van der Waals surface area contributed by atoms with Crippen LogP contribution in [0.5, 0.6) is 0 Å². The van der Waals surface area contributed by atoms with Gasteiger partial charge in [0, 0.05) is 13.0 Å². The van der Waals surface area contributed by atoms with E-state index in [0.717, 1.165) is 12.8 Å². The molecule has 0 aliphatic carbocycles. The highest BCUT2D eigenvalue weighted by Gasteiger charge is 2.30. The maximum Gasteiger partial charge on any atom is 0.395 e. The molecule has 0 N–H and O–H groups in total. The van der Waals surface area contributed by atoms with E-state index in [1.807, 2.05) is 6.92 Å². The van der Waals surface area contributed by atoms with E-state index < -0.39 is 18.4 Å². The van der Waals surface area contributed by atoms with E-state index >= 15 is 0 Å². The van der Waals surface area contributed by atoms with E-state index in [1.54, 1.807) is 0 Å². The second-order valence-electron chi connectivity index (χ2n) is 3.05. The highest BCUT2D eigenvalue weighted by molar-refractivity contribution is 5.79. The van der Waals surface area contributed by atoms with Gasteiger partial charge in [0.1, 0.15) is 12.2 Å². The zero-order chi connectivity index (χ0) is 11.0. The van der Waals surface area contributed by atoms with Gasteiger partial charge in [-0.25, -0.2) is 0 Å². The van der Waals surface area contributed by atoms with Crippen molar-refractivity contribution in [2.45, 2.75) is 38.8 Å². The standard InChI is InChI=1S/C9H15F3O2/c1-2-3-5-14-6-4-8(13)7-9(10,11)12/h2-7H2,1H3. The summed E-state index contributed by atoms with van der Waals surface area (Å²) in [5.74, 6) is -0.811. The molecular weight excluding hydrogens is 197 g/mol. The van der Waals surface area contributed by atoms with Crippen LogP contribution in [0.1, 0.15) is 32.6 Å². The fraction of sp³-hybridized carbons (Fsp3) is 0.889. The number of hydrogen-bond acceptors (Lipinski definition) is 2. The third kappa shape index (κ3) is 9.51. The van der Waals surface area contributed by atoms with Gasteiger partial charge >= 0.3 is 6.18 Å². The number of hydrogen-bond donors (Lipinski definition) is 0. The summed E-state index contributed by atoms with van der Waals surface area (Å²) >= 11 is 0.